The summed E-state index contributed by atoms with van der Waals surface area (Å²) in [6.07, 6.45) is 7.46. The number of hydrogen-bond donors (Lipinski definition) is 2. The van der Waals surface area contributed by atoms with Gasteiger partial charge in [-0.25, -0.2) is 0 Å². The molecule has 16 heavy (non-hydrogen) atoms. The highest BCUT2D eigenvalue weighted by atomic mass is 16.4. The molecule has 0 amide bonds. The van der Waals surface area contributed by atoms with Gasteiger partial charge in [0.05, 0.1) is 0 Å². The molecule has 2 N–H and O–H groups in total. The quantitative estimate of drug-likeness (QED) is 0.566. The lowest BCUT2D eigenvalue weighted by Crippen LogP contribution is -2.41. The molecule has 96 valence electrons. The van der Waals surface area contributed by atoms with Gasteiger partial charge in [0.25, 0.3) is 0 Å². The molecule has 0 aliphatic rings. The zero-order valence-electron chi connectivity index (χ0n) is 11.0. The van der Waals surface area contributed by atoms with E-state index in [2.05, 4.69) is 12.2 Å². The second-order valence-corrected chi connectivity index (χ2v) is 4.78. The first kappa shape index (κ1) is 15.4. The normalized spacial score (nSPS) is 13.0. The molecule has 0 saturated carbocycles. The van der Waals surface area contributed by atoms with Gasteiger partial charge in [-0.15, -0.1) is 0 Å². The Balaban J connectivity index is 3.45. The van der Waals surface area contributed by atoms with Crippen LogP contribution in [0.5, 0.6) is 0 Å². The SMILES string of the molecule is CCCCCCCCN[C@H](C(=O)O)C(C)C. The Morgan fingerprint density at radius 1 is 1.12 bits per heavy atom. The smallest absolute Gasteiger partial charge is 0.320 e. The molecule has 0 rings (SSSR count). The van der Waals surface area contributed by atoms with Crippen LogP contribution in [0.15, 0.2) is 0 Å². The van der Waals surface area contributed by atoms with Gasteiger partial charge in [0.15, 0.2) is 0 Å². The fourth-order valence-corrected chi connectivity index (χ4v) is 1.77. The van der Waals surface area contributed by atoms with E-state index in [-0.39, 0.29) is 5.92 Å². The zero-order chi connectivity index (χ0) is 12.4. The lowest BCUT2D eigenvalue weighted by Gasteiger charge is -2.17. The fourth-order valence-electron chi connectivity index (χ4n) is 1.77. The van der Waals surface area contributed by atoms with Crippen LogP contribution in [0.4, 0.5) is 0 Å². The molecule has 0 saturated heterocycles. The highest BCUT2D eigenvalue weighted by molar-refractivity contribution is 5.73. The van der Waals surface area contributed by atoms with Crippen LogP contribution >= 0.6 is 0 Å². The molecule has 0 aliphatic heterocycles. The van der Waals surface area contributed by atoms with E-state index in [1.807, 2.05) is 13.8 Å². The van der Waals surface area contributed by atoms with Crippen molar-refractivity contribution in [3.05, 3.63) is 0 Å². The van der Waals surface area contributed by atoms with Gasteiger partial charge in [0, 0.05) is 0 Å². The Morgan fingerprint density at radius 2 is 1.69 bits per heavy atom. The lowest BCUT2D eigenvalue weighted by atomic mass is 10.0. The number of nitrogens with one attached hydrogen (secondary N) is 1. The van der Waals surface area contributed by atoms with Gasteiger partial charge in [-0.2, -0.15) is 0 Å². The maximum absolute atomic E-state index is 10.9. The summed E-state index contributed by atoms with van der Waals surface area (Å²) in [5, 5.41) is 12.1. The van der Waals surface area contributed by atoms with E-state index in [9.17, 15) is 4.79 Å². The third-order valence-electron chi connectivity index (χ3n) is 2.83. The van der Waals surface area contributed by atoms with Crippen molar-refractivity contribution in [2.75, 3.05) is 6.54 Å². The first-order valence-corrected chi connectivity index (χ1v) is 6.55. The molecule has 0 bridgehead atoms. The minimum Gasteiger partial charge on any atom is -0.480 e. The Hall–Kier alpha value is -0.570. The van der Waals surface area contributed by atoms with Crippen molar-refractivity contribution in [3.8, 4) is 0 Å². The number of rotatable bonds is 10. The number of carboxylic acids is 1. The van der Waals surface area contributed by atoms with Crippen LogP contribution in [0, 0.1) is 5.92 Å². The fraction of sp³-hybridized carbons (Fsp3) is 0.923. The third-order valence-corrected chi connectivity index (χ3v) is 2.83. The average Bonchev–Trinajstić information content (AvgIpc) is 2.21. The van der Waals surface area contributed by atoms with Gasteiger partial charge in [-0.1, -0.05) is 52.9 Å². The summed E-state index contributed by atoms with van der Waals surface area (Å²) in [6, 6.07) is -0.393. The molecule has 3 heteroatoms. The van der Waals surface area contributed by atoms with Crippen LogP contribution in [0.25, 0.3) is 0 Å². The Morgan fingerprint density at radius 3 is 2.19 bits per heavy atom. The van der Waals surface area contributed by atoms with Gasteiger partial charge >= 0.3 is 5.97 Å². The molecule has 0 radical (unpaired) electrons. The van der Waals surface area contributed by atoms with Crippen LogP contribution in [0.1, 0.15) is 59.3 Å². The van der Waals surface area contributed by atoms with Crippen molar-refractivity contribution in [2.45, 2.75) is 65.3 Å². The topological polar surface area (TPSA) is 49.3 Å². The maximum Gasteiger partial charge on any atom is 0.320 e. The third kappa shape index (κ3) is 7.69. The van der Waals surface area contributed by atoms with Crippen molar-refractivity contribution < 1.29 is 9.90 Å². The van der Waals surface area contributed by atoms with Gasteiger partial charge in [-0.05, 0) is 18.9 Å². The predicted molar refractivity (Wildman–Crippen MR) is 67.6 cm³/mol. The summed E-state index contributed by atoms with van der Waals surface area (Å²) in [5.41, 5.74) is 0. The van der Waals surface area contributed by atoms with Gasteiger partial charge in [0.2, 0.25) is 0 Å². The molecule has 0 aromatic heterocycles. The Labute approximate surface area is 99.6 Å². The molecule has 0 aromatic carbocycles. The Kier molecular flexibility index (Phi) is 9.30. The van der Waals surface area contributed by atoms with E-state index in [1.54, 1.807) is 0 Å². The molecule has 0 spiro atoms. The standard InChI is InChI=1S/C13H27NO2/c1-4-5-6-7-8-9-10-14-12(11(2)3)13(15)16/h11-12,14H,4-10H2,1-3H3,(H,15,16)/t12-/m0/s1. The molecule has 0 heterocycles. The van der Waals surface area contributed by atoms with Crippen LogP contribution in [-0.2, 0) is 4.79 Å². The van der Waals surface area contributed by atoms with Crippen molar-refractivity contribution >= 4 is 5.97 Å². The van der Waals surface area contributed by atoms with Crippen molar-refractivity contribution in [1.82, 2.24) is 5.32 Å². The first-order chi connectivity index (χ1) is 7.59. The molecule has 0 fully saturated rings. The highest BCUT2D eigenvalue weighted by Crippen LogP contribution is 2.05. The summed E-state index contributed by atoms with van der Waals surface area (Å²) in [6.45, 7) is 6.91. The van der Waals surface area contributed by atoms with E-state index in [0.29, 0.717) is 0 Å². The molecule has 1 atom stereocenters. The number of carbonyl (C=O) groups is 1. The van der Waals surface area contributed by atoms with Gasteiger partial charge in [0.1, 0.15) is 6.04 Å². The van der Waals surface area contributed by atoms with Crippen LogP contribution in [-0.4, -0.2) is 23.7 Å². The summed E-state index contributed by atoms with van der Waals surface area (Å²) < 4.78 is 0. The number of aliphatic carboxylic acids is 1. The highest BCUT2D eigenvalue weighted by Gasteiger charge is 2.19. The van der Waals surface area contributed by atoms with Gasteiger partial charge < -0.3 is 10.4 Å². The Bertz CT molecular complexity index is 181. The summed E-state index contributed by atoms with van der Waals surface area (Å²) in [5.74, 6) is -0.585. The van der Waals surface area contributed by atoms with Crippen LogP contribution in [0.2, 0.25) is 0 Å². The zero-order valence-corrected chi connectivity index (χ0v) is 11.0. The van der Waals surface area contributed by atoms with Crippen LogP contribution < -0.4 is 5.32 Å². The van der Waals surface area contributed by atoms with Crippen LogP contribution in [0.3, 0.4) is 0 Å². The van der Waals surface area contributed by atoms with E-state index < -0.39 is 12.0 Å². The number of unbranched alkanes of at least 4 members (excludes halogenated alkanes) is 5. The maximum atomic E-state index is 10.9. The summed E-state index contributed by atoms with van der Waals surface area (Å²) >= 11 is 0. The van der Waals surface area contributed by atoms with Gasteiger partial charge in [-0.3, -0.25) is 4.79 Å². The molecule has 0 unspecified atom stereocenters. The second-order valence-electron chi connectivity index (χ2n) is 4.78. The van der Waals surface area contributed by atoms with E-state index >= 15 is 0 Å². The monoisotopic (exact) mass is 229 g/mol. The van der Waals surface area contributed by atoms with Crippen molar-refractivity contribution in [2.24, 2.45) is 5.92 Å². The minimum absolute atomic E-state index is 0.151. The molecule has 0 aromatic rings. The first-order valence-electron chi connectivity index (χ1n) is 6.55. The second kappa shape index (κ2) is 9.64. The number of hydrogen-bond acceptors (Lipinski definition) is 2. The van der Waals surface area contributed by atoms with E-state index in [0.717, 1.165) is 13.0 Å². The molecule has 3 nitrogen and oxygen atoms in total. The predicted octanol–water partition coefficient (Wildman–Crippen LogP) is 3.05. The largest absolute Gasteiger partial charge is 0.480 e. The minimum atomic E-state index is -0.735. The lowest BCUT2D eigenvalue weighted by molar-refractivity contribution is -0.140. The summed E-state index contributed by atoms with van der Waals surface area (Å²) in [7, 11) is 0. The van der Waals surface area contributed by atoms with Crippen molar-refractivity contribution in [3.63, 3.8) is 0 Å². The average molecular weight is 229 g/mol. The molecular weight excluding hydrogens is 202 g/mol. The van der Waals surface area contributed by atoms with Crippen molar-refractivity contribution in [1.29, 1.82) is 0 Å². The van der Waals surface area contributed by atoms with E-state index in [1.165, 1.54) is 32.1 Å². The molecule has 0 aliphatic carbocycles. The summed E-state index contributed by atoms with van der Waals surface area (Å²) in [4.78, 5) is 10.9. The van der Waals surface area contributed by atoms with E-state index in [4.69, 9.17) is 5.11 Å². The number of carboxylic acid groups (broad SMARTS) is 1. The molecular formula is C13H27NO2.